The maximum atomic E-state index is 12.7. The molecule has 1 aromatic heterocycles. The van der Waals surface area contributed by atoms with Gasteiger partial charge in [0.2, 0.25) is 5.91 Å². The Hall–Kier alpha value is -2.38. The van der Waals surface area contributed by atoms with E-state index < -0.39 is 17.5 Å². The molecule has 1 saturated carbocycles. The third-order valence-electron chi connectivity index (χ3n) is 4.74. The molecule has 1 aromatic carbocycles. The molecule has 0 bridgehead atoms. The molecule has 0 unspecified atom stereocenters. The number of nitrogens with one attached hydrogen (secondary N) is 1. The summed E-state index contributed by atoms with van der Waals surface area (Å²) in [6.45, 7) is 4.18. The molecule has 1 N–H and O–H groups in total. The lowest BCUT2D eigenvalue weighted by Gasteiger charge is -2.20. The largest absolute Gasteiger partial charge is 0.471 e. The van der Waals surface area contributed by atoms with Gasteiger partial charge in [-0.25, -0.2) is 0 Å². The maximum Gasteiger partial charge on any atom is 0.471 e. The van der Waals surface area contributed by atoms with Crippen LogP contribution in [0.1, 0.15) is 37.5 Å². The third kappa shape index (κ3) is 3.12. The zero-order chi connectivity index (χ0) is 18.3. The van der Waals surface area contributed by atoms with Gasteiger partial charge in [-0.05, 0) is 17.4 Å². The molecule has 1 aliphatic carbocycles. The molecule has 0 radical (unpaired) electrons. The molecule has 134 valence electrons. The van der Waals surface area contributed by atoms with Gasteiger partial charge in [-0.15, -0.1) is 0 Å². The summed E-state index contributed by atoms with van der Waals surface area (Å²) in [5.74, 6) is -1.60. The van der Waals surface area contributed by atoms with E-state index in [1.54, 1.807) is 0 Å². The number of halogens is 3. The van der Waals surface area contributed by atoms with Crippen LogP contribution < -0.4 is 5.32 Å². The highest BCUT2D eigenvalue weighted by atomic mass is 19.4. The maximum absolute atomic E-state index is 12.7. The number of carbonyl (C=O) groups is 1. The first kappa shape index (κ1) is 17.4. The second-order valence-electron chi connectivity index (χ2n) is 6.85. The van der Waals surface area contributed by atoms with Crippen molar-refractivity contribution in [1.82, 2.24) is 15.5 Å². The van der Waals surface area contributed by atoms with Crippen molar-refractivity contribution >= 4 is 5.91 Å². The van der Waals surface area contributed by atoms with Gasteiger partial charge in [0.15, 0.2) is 5.82 Å². The highest BCUT2D eigenvalue weighted by molar-refractivity contribution is 5.93. The van der Waals surface area contributed by atoms with Gasteiger partial charge in [0.25, 0.3) is 0 Å². The molecule has 1 heterocycles. The number of alkyl halides is 3. The molecule has 1 atom stereocenters. The van der Waals surface area contributed by atoms with E-state index in [1.807, 2.05) is 44.2 Å². The fourth-order valence-electron chi connectivity index (χ4n) is 3.26. The lowest BCUT2D eigenvalue weighted by molar-refractivity contribution is -0.159. The van der Waals surface area contributed by atoms with Crippen molar-refractivity contribution in [2.45, 2.75) is 38.3 Å². The Labute approximate surface area is 142 Å². The molecule has 1 amide bonds. The fraction of sp³-hybridized carbons (Fsp3) is 0.471. The van der Waals surface area contributed by atoms with E-state index in [0.29, 0.717) is 0 Å². The van der Waals surface area contributed by atoms with Crippen LogP contribution in [0, 0.1) is 5.41 Å². The van der Waals surface area contributed by atoms with Crippen LogP contribution in [0.4, 0.5) is 13.2 Å². The van der Waals surface area contributed by atoms with Gasteiger partial charge >= 0.3 is 12.1 Å². The zero-order valence-electron chi connectivity index (χ0n) is 13.9. The van der Waals surface area contributed by atoms with Crippen LogP contribution in [-0.2, 0) is 22.8 Å². The van der Waals surface area contributed by atoms with Crippen molar-refractivity contribution in [2.24, 2.45) is 5.41 Å². The van der Waals surface area contributed by atoms with Gasteiger partial charge in [0.05, 0.1) is 5.41 Å². The minimum absolute atomic E-state index is 0.0661. The van der Waals surface area contributed by atoms with E-state index in [0.717, 1.165) is 12.0 Å². The number of aromatic nitrogens is 2. The first-order chi connectivity index (χ1) is 11.7. The number of hydrogen-bond donors (Lipinski definition) is 1. The van der Waals surface area contributed by atoms with E-state index in [4.69, 9.17) is 0 Å². The van der Waals surface area contributed by atoms with Crippen LogP contribution in [0.3, 0.4) is 0 Å². The first-order valence-electron chi connectivity index (χ1n) is 7.90. The Kier molecular flexibility index (Phi) is 4.09. The number of nitrogens with zero attached hydrogens (tertiary/aromatic N) is 2. The SMILES string of the molecule is CC1(C)C[C@@]1(C(=O)NCCc1noc(C(F)(F)F)n1)c1ccccc1. The zero-order valence-corrected chi connectivity index (χ0v) is 13.9. The number of rotatable bonds is 5. The number of hydrogen-bond acceptors (Lipinski definition) is 4. The van der Waals surface area contributed by atoms with Crippen molar-refractivity contribution in [3.8, 4) is 0 Å². The van der Waals surface area contributed by atoms with Crippen LogP contribution in [0.5, 0.6) is 0 Å². The average Bonchev–Trinajstić information content (AvgIpc) is 2.91. The second kappa shape index (κ2) is 5.86. The average molecular weight is 353 g/mol. The lowest BCUT2D eigenvalue weighted by atomic mass is 9.87. The van der Waals surface area contributed by atoms with Crippen LogP contribution in [0.15, 0.2) is 34.9 Å². The van der Waals surface area contributed by atoms with Crippen molar-refractivity contribution in [3.63, 3.8) is 0 Å². The Morgan fingerprint density at radius 3 is 2.44 bits per heavy atom. The standard InChI is InChI=1S/C17H18F3N3O2/c1-15(2)10-16(15,11-6-4-3-5-7-11)13(24)21-9-8-12-22-14(25-23-12)17(18,19)20/h3-7H,8-10H2,1-2H3,(H,21,24)/t16-/m0/s1. The minimum Gasteiger partial charge on any atom is -0.355 e. The minimum atomic E-state index is -4.66. The monoisotopic (exact) mass is 353 g/mol. The Balaban J connectivity index is 1.63. The molecule has 8 heteroatoms. The van der Waals surface area contributed by atoms with Crippen LogP contribution in [0.25, 0.3) is 0 Å². The Morgan fingerprint density at radius 2 is 1.92 bits per heavy atom. The third-order valence-corrected chi connectivity index (χ3v) is 4.74. The van der Waals surface area contributed by atoms with Crippen molar-refractivity contribution < 1.29 is 22.5 Å². The van der Waals surface area contributed by atoms with E-state index >= 15 is 0 Å². The van der Waals surface area contributed by atoms with Gasteiger partial charge in [0, 0.05) is 13.0 Å². The smallest absolute Gasteiger partial charge is 0.355 e. The van der Waals surface area contributed by atoms with E-state index in [-0.39, 0.29) is 30.1 Å². The molecule has 3 rings (SSSR count). The number of amides is 1. The summed E-state index contributed by atoms with van der Waals surface area (Å²) in [7, 11) is 0. The molecular weight excluding hydrogens is 335 g/mol. The molecular formula is C17H18F3N3O2. The first-order valence-corrected chi connectivity index (χ1v) is 7.90. The summed E-state index contributed by atoms with van der Waals surface area (Å²) in [4.78, 5) is 16.0. The van der Waals surface area contributed by atoms with Crippen LogP contribution in [-0.4, -0.2) is 22.6 Å². The predicted octanol–water partition coefficient (Wildman–Crippen LogP) is 3.12. The Morgan fingerprint density at radius 1 is 1.28 bits per heavy atom. The predicted molar refractivity (Wildman–Crippen MR) is 82.5 cm³/mol. The molecule has 0 saturated heterocycles. The quantitative estimate of drug-likeness (QED) is 0.897. The number of carbonyl (C=O) groups excluding carboxylic acids is 1. The van der Waals surface area contributed by atoms with Crippen molar-refractivity contribution in [1.29, 1.82) is 0 Å². The van der Waals surface area contributed by atoms with Crippen LogP contribution >= 0.6 is 0 Å². The van der Waals surface area contributed by atoms with E-state index in [1.165, 1.54) is 0 Å². The summed E-state index contributed by atoms with van der Waals surface area (Å²) in [5.41, 5.74) is 0.160. The fourth-order valence-corrected chi connectivity index (χ4v) is 3.26. The molecule has 2 aromatic rings. The summed E-state index contributed by atoms with van der Waals surface area (Å²) in [5, 5.41) is 6.08. The molecule has 0 spiro atoms. The number of benzene rings is 1. The highest BCUT2D eigenvalue weighted by Crippen LogP contribution is 2.64. The van der Waals surface area contributed by atoms with Gasteiger partial charge in [0.1, 0.15) is 0 Å². The molecule has 1 aliphatic rings. The van der Waals surface area contributed by atoms with Gasteiger partial charge in [-0.3, -0.25) is 4.79 Å². The van der Waals surface area contributed by atoms with E-state index in [2.05, 4.69) is 20.0 Å². The highest BCUT2D eigenvalue weighted by Gasteiger charge is 2.66. The van der Waals surface area contributed by atoms with Gasteiger partial charge < -0.3 is 9.84 Å². The second-order valence-corrected chi connectivity index (χ2v) is 6.85. The normalized spacial score (nSPS) is 21.8. The van der Waals surface area contributed by atoms with Crippen LogP contribution in [0.2, 0.25) is 0 Å². The summed E-state index contributed by atoms with van der Waals surface area (Å²) in [6, 6.07) is 9.50. The lowest BCUT2D eigenvalue weighted by Crippen LogP contribution is -2.38. The van der Waals surface area contributed by atoms with Crippen molar-refractivity contribution in [3.05, 3.63) is 47.6 Å². The van der Waals surface area contributed by atoms with Gasteiger partial charge in [-0.1, -0.05) is 49.3 Å². The van der Waals surface area contributed by atoms with Crippen molar-refractivity contribution in [2.75, 3.05) is 6.54 Å². The van der Waals surface area contributed by atoms with Gasteiger partial charge in [-0.2, -0.15) is 18.2 Å². The molecule has 25 heavy (non-hydrogen) atoms. The summed E-state index contributed by atoms with van der Waals surface area (Å²) >= 11 is 0. The Bertz CT molecular complexity index is 771. The molecule has 5 nitrogen and oxygen atoms in total. The topological polar surface area (TPSA) is 68.0 Å². The molecule has 1 fully saturated rings. The molecule has 0 aliphatic heterocycles. The summed E-state index contributed by atoms with van der Waals surface area (Å²) < 4.78 is 41.4. The summed E-state index contributed by atoms with van der Waals surface area (Å²) in [6.07, 6.45) is -3.88. The van der Waals surface area contributed by atoms with E-state index in [9.17, 15) is 18.0 Å².